The van der Waals surface area contributed by atoms with E-state index in [1.807, 2.05) is 0 Å². The largest absolute Gasteiger partial charge is 0.467 e. The predicted octanol–water partition coefficient (Wildman–Crippen LogP) is 2.77. The number of carbonyl (C=O) groups is 1. The minimum atomic E-state index is -1.88. The number of halogens is 3. The fourth-order valence-corrected chi connectivity index (χ4v) is 1.31. The lowest BCUT2D eigenvalue weighted by atomic mass is 10.1. The molecule has 0 saturated heterocycles. The minimum Gasteiger partial charge on any atom is -0.467 e. The van der Waals surface area contributed by atoms with E-state index in [0.717, 1.165) is 13.2 Å². The second-order valence-corrected chi connectivity index (χ2v) is 3.41. The van der Waals surface area contributed by atoms with E-state index in [9.17, 15) is 13.6 Å². The molecule has 0 aliphatic rings. The minimum absolute atomic E-state index is 0.0603. The van der Waals surface area contributed by atoms with Crippen molar-refractivity contribution in [2.24, 2.45) is 0 Å². The van der Waals surface area contributed by atoms with Crippen LogP contribution in [0.15, 0.2) is 22.7 Å². The van der Waals surface area contributed by atoms with Gasteiger partial charge in [0.05, 0.1) is 11.6 Å². The van der Waals surface area contributed by atoms with Crippen molar-refractivity contribution in [2.75, 3.05) is 7.11 Å². The summed E-state index contributed by atoms with van der Waals surface area (Å²) in [5.41, 5.74) is 0.0603. The number of hydrogen-bond donors (Lipinski definition) is 0. The van der Waals surface area contributed by atoms with Gasteiger partial charge in [-0.15, -0.1) is 0 Å². The summed E-state index contributed by atoms with van der Waals surface area (Å²) in [7, 11) is 1.09. The van der Waals surface area contributed by atoms with Crippen molar-refractivity contribution in [2.45, 2.75) is 6.17 Å². The van der Waals surface area contributed by atoms with Gasteiger partial charge in [0.1, 0.15) is 5.82 Å². The van der Waals surface area contributed by atoms with Gasteiger partial charge in [-0.05, 0) is 33.6 Å². The first-order valence-electron chi connectivity index (χ1n) is 3.73. The molecule has 2 nitrogen and oxygen atoms in total. The predicted molar refractivity (Wildman–Crippen MR) is 50.0 cm³/mol. The van der Waals surface area contributed by atoms with E-state index in [4.69, 9.17) is 0 Å². The highest BCUT2D eigenvalue weighted by Gasteiger charge is 2.20. The van der Waals surface area contributed by atoms with Crippen LogP contribution in [0.2, 0.25) is 0 Å². The van der Waals surface area contributed by atoms with Crippen molar-refractivity contribution in [1.29, 1.82) is 0 Å². The Bertz CT molecular complexity index is 355. The molecule has 0 N–H and O–H groups in total. The average Bonchev–Trinajstić information content (AvgIpc) is 2.20. The molecule has 0 spiro atoms. The molecule has 14 heavy (non-hydrogen) atoms. The van der Waals surface area contributed by atoms with Crippen LogP contribution in [-0.4, -0.2) is 13.1 Å². The van der Waals surface area contributed by atoms with E-state index in [-0.39, 0.29) is 10.0 Å². The Morgan fingerprint density at radius 2 is 2.21 bits per heavy atom. The average molecular weight is 265 g/mol. The third-order valence-electron chi connectivity index (χ3n) is 1.64. The number of alkyl halides is 1. The van der Waals surface area contributed by atoms with E-state index in [0.29, 0.717) is 0 Å². The summed E-state index contributed by atoms with van der Waals surface area (Å²) >= 11 is 2.89. The molecule has 0 heterocycles. The lowest BCUT2D eigenvalue weighted by molar-refractivity contribution is -0.146. The maximum atomic E-state index is 13.2. The zero-order valence-electron chi connectivity index (χ0n) is 7.26. The molecular formula is C9H7BrF2O2. The van der Waals surface area contributed by atoms with Crippen molar-refractivity contribution < 1.29 is 18.3 Å². The molecule has 0 fully saturated rings. The molecule has 0 radical (unpaired) electrons. The molecule has 0 aromatic heterocycles. The molecule has 0 saturated carbocycles. The van der Waals surface area contributed by atoms with E-state index < -0.39 is 18.0 Å². The SMILES string of the molecule is COC(=O)C(F)c1ccc(F)c(Br)c1. The monoisotopic (exact) mass is 264 g/mol. The van der Waals surface area contributed by atoms with Crippen molar-refractivity contribution in [1.82, 2.24) is 0 Å². The zero-order valence-corrected chi connectivity index (χ0v) is 8.85. The van der Waals surface area contributed by atoms with Gasteiger partial charge in [-0.3, -0.25) is 0 Å². The summed E-state index contributed by atoms with van der Waals surface area (Å²) in [4.78, 5) is 10.8. The molecule has 5 heteroatoms. The maximum Gasteiger partial charge on any atom is 0.345 e. The lowest BCUT2D eigenvalue weighted by Crippen LogP contribution is -2.09. The molecule has 1 aromatic carbocycles. The second kappa shape index (κ2) is 4.50. The van der Waals surface area contributed by atoms with Gasteiger partial charge >= 0.3 is 5.97 Å². The summed E-state index contributed by atoms with van der Waals surface area (Å²) in [6.45, 7) is 0. The number of esters is 1. The highest BCUT2D eigenvalue weighted by atomic mass is 79.9. The smallest absolute Gasteiger partial charge is 0.345 e. The number of methoxy groups -OCH3 is 1. The number of hydrogen-bond acceptors (Lipinski definition) is 2. The first-order chi connectivity index (χ1) is 6.56. The van der Waals surface area contributed by atoms with E-state index >= 15 is 0 Å². The fourth-order valence-electron chi connectivity index (χ4n) is 0.910. The molecule has 1 unspecified atom stereocenters. The molecule has 76 valence electrons. The van der Waals surface area contributed by atoms with E-state index in [1.54, 1.807) is 0 Å². The Balaban J connectivity index is 2.96. The first-order valence-corrected chi connectivity index (χ1v) is 4.52. The van der Waals surface area contributed by atoms with Crippen LogP contribution >= 0.6 is 15.9 Å². The Morgan fingerprint density at radius 3 is 2.71 bits per heavy atom. The molecule has 0 aliphatic heterocycles. The summed E-state index contributed by atoms with van der Waals surface area (Å²) in [6, 6.07) is 3.48. The Labute approximate surface area is 88.0 Å². The number of rotatable bonds is 2. The lowest BCUT2D eigenvalue weighted by Gasteiger charge is -2.06. The van der Waals surface area contributed by atoms with Crippen molar-refractivity contribution in [3.05, 3.63) is 34.1 Å². The number of ether oxygens (including phenoxy) is 1. The van der Waals surface area contributed by atoms with Crippen LogP contribution in [0.4, 0.5) is 8.78 Å². The topological polar surface area (TPSA) is 26.3 Å². The van der Waals surface area contributed by atoms with E-state index in [1.165, 1.54) is 12.1 Å². The molecule has 1 atom stereocenters. The third-order valence-corrected chi connectivity index (χ3v) is 2.25. The summed E-state index contributed by atoms with van der Waals surface area (Å²) in [5.74, 6) is -1.51. The van der Waals surface area contributed by atoms with Gasteiger partial charge in [0.25, 0.3) is 0 Å². The van der Waals surface area contributed by atoms with Crippen LogP contribution in [0.5, 0.6) is 0 Å². The fraction of sp³-hybridized carbons (Fsp3) is 0.222. The summed E-state index contributed by atoms with van der Waals surface area (Å²) in [5, 5.41) is 0. The molecule has 1 rings (SSSR count). The van der Waals surface area contributed by atoms with Crippen LogP contribution in [0.1, 0.15) is 11.7 Å². The van der Waals surface area contributed by atoms with Crippen LogP contribution in [0.3, 0.4) is 0 Å². The molecule has 0 aliphatic carbocycles. The molecular weight excluding hydrogens is 258 g/mol. The van der Waals surface area contributed by atoms with Gasteiger partial charge in [0, 0.05) is 0 Å². The Morgan fingerprint density at radius 1 is 1.57 bits per heavy atom. The van der Waals surface area contributed by atoms with Gasteiger partial charge in [-0.2, -0.15) is 0 Å². The van der Waals surface area contributed by atoms with Crippen molar-refractivity contribution in [3.8, 4) is 0 Å². The van der Waals surface area contributed by atoms with Gasteiger partial charge in [-0.1, -0.05) is 6.07 Å². The van der Waals surface area contributed by atoms with Gasteiger partial charge in [0.15, 0.2) is 0 Å². The molecule has 0 amide bonds. The maximum absolute atomic E-state index is 13.2. The normalized spacial score (nSPS) is 12.3. The molecule has 1 aromatic rings. The van der Waals surface area contributed by atoms with Gasteiger partial charge < -0.3 is 4.74 Å². The second-order valence-electron chi connectivity index (χ2n) is 2.56. The zero-order chi connectivity index (χ0) is 10.7. The van der Waals surface area contributed by atoms with E-state index in [2.05, 4.69) is 20.7 Å². The third kappa shape index (κ3) is 2.29. The Hall–Kier alpha value is -0.970. The standard InChI is InChI=1S/C9H7BrF2O2/c1-14-9(13)8(12)5-2-3-7(11)6(10)4-5/h2-4,8H,1H3. The van der Waals surface area contributed by atoms with Crippen molar-refractivity contribution >= 4 is 21.9 Å². The number of carbonyl (C=O) groups excluding carboxylic acids is 1. The van der Waals surface area contributed by atoms with Gasteiger partial charge in [0.2, 0.25) is 6.17 Å². The summed E-state index contributed by atoms with van der Waals surface area (Å²) in [6.07, 6.45) is -1.88. The van der Waals surface area contributed by atoms with Gasteiger partial charge in [-0.25, -0.2) is 13.6 Å². The van der Waals surface area contributed by atoms with Crippen LogP contribution in [-0.2, 0) is 9.53 Å². The Kier molecular flexibility index (Phi) is 3.57. The first kappa shape index (κ1) is 11.1. The summed E-state index contributed by atoms with van der Waals surface area (Å²) < 4.78 is 30.3. The highest BCUT2D eigenvalue weighted by Crippen LogP contribution is 2.24. The van der Waals surface area contributed by atoms with Crippen LogP contribution in [0.25, 0.3) is 0 Å². The van der Waals surface area contributed by atoms with Crippen LogP contribution < -0.4 is 0 Å². The molecule has 0 bridgehead atoms. The van der Waals surface area contributed by atoms with Crippen molar-refractivity contribution in [3.63, 3.8) is 0 Å². The highest BCUT2D eigenvalue weighted by molar-refractivity contribution is 9.10. The quantitative estimate of drug-likeness (QED) is 0.768. The number of benzene rings is 1. The van der Waals surface area contributed by atoms with Crippen LogP contribution in [0, 0.1) is 5.82 Å².